The summed E-state index contributed by atoms with van der Waals surface area (Å²) in [6.07, 6.45) is 5.33. The van der Waals surface area contributed by atoms with E-state index in [1.165, 1.54) is 25.7 Å². The molecule has 2 aliphatic rings. The Morgan fingerprint density at radius 3 is 1.88 bits per heavy atom. The fourth-order valence-corrected chi connectivity index (χ4v) is 2.66. The Labute approximate surface area is 106 Å². The molecule has 1 N–H and O–H groups in total. The Hall–Kier alpha value is -0.820. The average molecular weight is 231 g/mol. The van der Waals surface area contributed by atoms with E-state index in [0.29, 0.717) is 11.0 Å². The third-order valence-corrected chi connectivity index (χ3v) is 4.32. The molecule has 2 saturated carbocycles. The van der Waals surface area contributed by atoms with Crippen LogP contribution in [0.4, 0.5) is 0 Å². The molecule has 0 atom stereocenters. The van der Waals surface area contributed by atoms with E-state index in [2.05, 4.69) is 43.6 Å². The Bertz CT molecular complexity index is 386. The first-order valence-corrected chi connectivity index (χ1v) is 6.99. The third-order valence-electron chi connectivity index (χ3n) is 4.32. The van der Waals surface area contributed by atoms with Crippen LogP contribution in [0.2, 0.25) is 0 Å². The van der Waals surface area contributed by atoms with Crippen molar-refractivity contribution >= 4 is 0 Å². The van der Waals surface area contributed by atoms with Gasteiger partial charge in [-0.3, -0.25) is 0 Å². The normalized spacial score (nSPS) is 22.4. The maximum Gasteiger partial charge on any atom is 0.0436 e. The number of hydrogen-bond donors (Lipinski definition) is 1. The highest BCUT2D eigenvalue weighted by Crippen LogP contribution is 2.54. The van der Waals surface area contributed by atoms with E-state index in [4.69, 9.17) is 0 Å². The van der Waals surface area contributed by atoms with E-state index in [9.17, 15) is 0 Å². The molecular weight excluding hydrogens is 206 g/mol. The van der Waals surface area contributed by atoms with Gasteiger partial charge in [0.2, 0.25) is 0 Å². The van der Waals surface area contributed by atoms with E-state index in [-0.39, 0.29) is 0 Å². The minimum atomic E-state index is 0.322. The molecule has 0 aliphatic heterocycles. The summed E-state index contributed by atoms with van der Waals surface area (Å²) in [7, 11) is 2.10. The highest BCUT2D eigenvalue weighted by Gasteiger charge is 2.48. The molecule has 94 valence electrons. The summed E-state index contributed by atoms with van der Waals surface area (Å²) in [5.74, 6) is 0. The summed E-state index contributed by atoms with van der Waals surface area (Å²) >= 11 is 0. The molecule has 0 spiro atoms. The number of nitrogens with one attached hydrogen (secondary N) is 1. The molecule has 0 saturated heterocycles. The van der Waals surface area contributed by atoms with E-state index in [1.54, 1.807) is 11.1 Å². The lowest BCUT2D eigenvalue weighted by Gasteiger charge is -2.22. The largest absolute Gasteiger partial charge is 0.310 e. The number of hydrogen-bond acceptors (Lipinski definition) is 1. The fraction of sp³-hybridized carbons (Fsp3) is 0.625. The van der Waals surface area contributed by atoms with Crippen LogP contribution in [0.15, 0.2) is 24.3 Å². The summed E-state index contributed by atoms with van der Waals surface area (Å²) in [6, 6.07) is 9.03. The zero-order valence-electron chi connectivity index (χ0n) is 11.6. The Balaban J connectivity index is 0.000000514. The van der Waals surface area contributed by atoms with Gasteiger partial charge in [0.25, 0.3) is 0 Å². The van der Waals surface area contributed by atoms with Gasteiger partial charge in [-0.25, -0.2) is 0 Å². The summed E-state index contributed by atoms with van der Waals surface area (Å²) in [5, 5.41) is 3.51. The Morgan fingerprint density at radius 2 is 1.47 bits per heavy atom. The number of rotatable bonds is 3. The molecule has 0 heterocycles. The van der Waals surface area contributed by atoms with Crippen LogP contribution in [0.25, 0.3) is 0 Å². The number of benzene rings is 1. The van der Waals surface area contributed by atoms with Crippen molar-refractivity contribution in [3.8, 4) is 0 Å². The molecular formula is C16H25N. The maximum absolute atomic E-state index is 3.51. The molecule has 3 rings (SSSR count). The first-order chi connectivity index (χ1) is 8.20. The van der Waals surface area contributed by atoms with Gasteiger partial charge in [0.05, 0.1) is 0 Å². The summed E-state index contributed by atoms with van der Waals surface area (Å²) in [4.78, 5) is 0. The van der Waals surface area contributed by atoms with E-state index in [0.717, 1.165) is 0 Å². The lowest BCUT2D eigenvalue weighted by Crippen LogP contribution is -2.27. The topological polar surface area (TPSA) is 12.0 Å². The Morgan fingerprint density at radius 1 is 0.941 bits per heavy atom. The SMILES string of the molecule is CC.CNC1(c2ccccc2C2(C)CC2)CC1. The van der Waals surface area contributed by atoms with Gasteiger partial charge < -0.3 is 5.32 Å². The molecule has 0 bridgehead atoms. The fourth-order valence-electron chi connectivity index (χ4n) is 2.66. The average Bonchev–Trinajstić information content (AvgIpc) is 3.29. The third kappa shape index (κ3) is 2.13. The van der Waals surface area contributed by atoms with Crippen LogP contribution in [0.1, 0.15) is 57.6 Å². The van der Waals surface area contributed by atoms with Crippen LogP contribution in [-0.2, 0) is 11.0 Å². The van der Waals surface area contributed by atoms with Crippen LogP contribution in [0.5, 0.6) is 0 Å². The van der Waals surface area contributed by atoms with Gasteiger partial charge in [-0.05, 0) is 49.3 Å². The first-order valence-electron chi connectivity index (χ1n) is 6.99. The van der Waals surface area contributed by atoms with E-state index >= 15 is 0 Å². The van der Waals surface area contributed by atoms with Crippen LogP contribution in [0.3, 0.4) is 0 Å². The van der Waals surface area contributed by atoms with Crippen molar-refractivity contribution in [1.29, 1.82) is 0 Å². The molecule has 1 aromatic rings. The van der Waals surface area contributed by atoms with E-state index in [1.807, 2.05) is 13.8 Å². The van der Waals surface area contributed by atoms with Gasteiger partial charge >= 0.3 is 0 Å². The zero-order chi connectivity index (χ0) is 12.5. The predicted molar refractivity (Wildman–Crippen MR) is 74.3 cm³/mol. The van der Waals surface area contributed by atoms with Crippen molar-refractivity contribution in [3.05, 3.63) is 35.4 Å². The van der Waals surface area contributed by atoms with Crippen LogP contribution in [-0.4, -0.2) is 7.05 Å². The lowest BCUT2D eigenvalue weighted by atomic mass is 9.88. The van der Waals surface area contributed by atoms with Gasteiger partial charge in [-0.1, -0.05) is 45.0 Å². The summed E-state index contributed by atoms with van der Waals surface area (Å²) < 4.78 is 0. The quantitative estimate of drug-likeness (QED) is 0.830. The van der Waals surface area contributed by atoms with Gasteiger partial charge in [0, 0.05) is 5.54 Å². The van der Waals surface area contributed by atoms with Crippen molar-refractivity contribution in [3.63, 3.8) is 0 Å². The molecule has 0 aromatic heterocycles. The van der Waals surface area contributed by atoms with Crippen molar-refractivity contribution in [2.75, 3.05) is 7.05 Å². The molecule has 17 heavy (non-hydrogen) atoms. The minimum Gasteiger partial charge on any atom is -0.310 e. The molecule has 1 aromatic carbocycles. The molecule has 2 fully saturated rings. The minimum absolute atomic E-state index is 0.322. The highest BCUT2D eigenvalue weighted by molar-refractivity contribution is 5.44. The van der Waals surface area contributed by atoms with Gasteiger partial charge in [-0.15, -0.1) is 0 Å². The second-order valence-corrected chi connectivity index (χ2v) is 5.44. The molecule has 0 unspecified atom stereocenters. The van der Waals surface area contributed by atoms with Crippen molar-refractivity contribution in [2.45, 2.75) is 57.4 Å². The van der Waals surface area contributed by atoms with Crippen molar-refractivity contribution in [2.24, 2.45) is 0 Å². The smallest absolute Gasteiger partial charge is 0.0436 e. The molecule has 1 nitrogen and oxygen atoms in total. The summed E-state index contributed by atoms with van der Waals surface area (Å²) in [6.45, 7) is 6.40. The van der Waals surface area contributed by atoms with Crippen LogP contribution in [0, 0.1) is 0 Å². The Kier molecular flexibility index (Phi) is 3.31. The van der Waals surface area contributed by atoms with Crippen LogP contribution < -0.4 is 5.32 Å². The second kappa shape index (κ2) is 4.45. The monoisotopic (exact) mass is 231 g/mol. The van der Waals surface area contributed by atoms with Gasteiger partial charge in [0.15, 0.2) is 0 Å². The second-order valence-electron chi connectivity index (χ2n) is 5.44. The molecule has 0 amide bonds. The summed E-state index contributed by atoms with van der Waals surface area (Å²) in [5.41, 5.74) is 3.97. The standard InChI is InChI=1S/C14H19N.C2H6/c1-13(7-8-13)11-5-3-4-6-12(11)14(15-2)9-10-14;1-2/h3-6,15H,7-10H2,1-2H3;1-2H3. The maximum atomic E-state index is 3.51. The predicted octanol–water partition coefficient (Wildman–Crippen LogP) is 3.97. The van der Waals surface area contributed by atoms with Crippen molar-refractivity contribution in [1.82, 2.24) is 5.32 Å². The van der Waals surface area contributed by atoms with Crippen LogP contribution >= 0.6 is 0 Å². The molecule has 2 aliphatic carbocycles. The first kappa shape index (κ1) is 12.6. The van der Waals surface area contributed by atoms with Gasteiger partial charge in [-0.2, -0.15) is 0 Å². The highest BCUT2D eigenvalue weighted by atomic mass is 15.0. The lowest BCUT2D eigenvalue weighted by molar-refractivity contribution is 0.570. The molecule has 1 heteroatoms. The van der Waals surface area contributed by atoms with Crippen molar-refractivity contribution < 1.29 is 0 Å². The van der Waals surface area contributed by atoms with Gasteiger partial charge in [0.1, 0.15) is 0 Å². The molecule has 0 radical (unpaired) electrons. The zero-order valence-corrected chi connectivity index (χ0v) is 11.6. The van der Waals surface area contributed by atoms with E-state index < -0.39 is 0 Å².